The van der Waals surface area contributed by atoms with E-state index >= 15 is 0 Å². The molecule has 1 amide bonds. The first-order valence-electron chi connectivity index (χ1n) is 9.53. The van der Waals surface area contributed by atoms with Gasteiger partial charge < -0.3 is 19.6 Å². The molecule has 0 spiro atoms. The van der Waals surface area contributed by atoms with Gasteiger partial charge in [-0.1, -0.05) is 18.2 Å². The Labute approximate surface area is 171 Å². The summed E-state index contributed by atoms with van der Waals surface area (Å²) in [6.07, 6.45) is 1.33. The Balaban J connectivity index is 2.36. The second-order valence-electron chi connectivity index (χ2n) is 9.36. The molecule has 1 atom stereocenters. The van der Waals surface area contributed by atoms with Crippen LogP contribution in [0.4, 0.5) is 9.59 Å². The zero-order chi connectivity index (χ0) is 22.0. The lowest BCUT2D eigenvalue weighted by atomic mass is 9.94. The van der Waals surface area contributed by atoms with Crippen molar-refractivity contribution in [3.63, 3.8) is 0 Å². The third kappa shape index (κ3) is 6.07. The van der Waals surface area contributed by atoms with Crippen LogP contribution in [0.5, 0.6) is 0 Å². The SMILES string of the molecule is CC(C=O)(Cc1cn(C(=O)OC(C)(C)C)c2ccccc12)NC(=O)OC(C)(C)C. The summed E-state index contributed by atoms with van der Waals surface area (Å²) in [5.74, 6) is 0. The van der Waals surface area contributed by atoms with Crippen molar-refractivity contribution >= 4 is 29.4 Å². The number of amides is 1. The Morgan fingerprint density at radius 2 is 1.59 bits per heavy atom. The fourth-order valence-electron chi connectivity index (χ4n) is 2.90. The summed E-state index contributed by atoms with van der Waals surface area (Å²) in [5.41, 5.74) is -1.12. The predicted octanol–water partition coefficient (Wildman–Crippen LogP) is 4.45. The zero-order valence-electron chi connectivity index (χ0n) is 18.2. The van der Waals surface area contributed by atoms with Gasteiger partial charge in [0, 0.05) is 18.0 Å². The number of fused-ring (bicyclic) bond motifs is 1. The van der Waals surface area contributed by atoms with Crippen molar-refractivity contribution in [2.75, 3.05) is 0 Å². The predicted molar refractivity (Wildman–Crippen MR) is 111 cm³/mol. The monoisotopic (exact) mass is 402 g/mol. The lowest BCUT2D eigenvalue weighted by Crippen LogP contribution is -2.50. The van der Waals surface area contributed by atoms with Gasteiger partial charge in [0.1, 0.15) is 23.0 Å². The topological polar surface area (TPSA) is 86.6 Å². The van der Waals surface area contributed by atoms with Crippen molar-refractivity contribution in [1.29, 1.82) is 0 Å². The van der Waals surface area contributed by atoms with Gasteiger partial charge in [0.25, 0.3) is 0 Å². The van der Waals surface area contributed by atoms with Crippen LogP contribution in [0.25, 0.3) is 10.9 Å². The number of aldehydes is 1. The number of nitrogens with zero attached hydrogens (tertiary/aromatic N) is 1. The molecule has 0 fully saturated rings. The van der Waals surface area contributed by atoms with Gasteiger partial charge in [0.05, 0.1) is 5.52 Å². The third-order valence-electron chi connectivity index (χ3n) is 3.99. The lowest BCUT2D eigenvalue weighted by Gasteiger charge is -2.27. The number of aromatic nitrogens is 1. The average molecular weight is 402 g/mol. The normalized spacial score (nSPS) is 14.2. The van der Waals surface area contributed by atoms with Crippen molar-refractivity contribution in [3.8, 4) is 0 Å². The molecule has 0 aliphatic rings. The van der Waals surface area contributed by atoms with E-state index in [-0.39, 0.29) is 6.42 Å². The standard InChI is InChI=1S/C22H30N2O5/c1-20(2,3)28-18(26)23-22(7,14-25)12-15-13-24(19(27)29-21(4,5)6)17-11-9-8-10-16(15)17/h8-11,13-14H,12H2,1-7H3,(H,23,26). The van der Waals surface area contributed by atoms with Crippen LogP contribution in [0.2, 0.25) is 0 Å². The largest absolute Gasteiger partial charge is 0.444 e. The first-order valence-corrected chi connectivity index (χ1v) is 9.53. The van der Waals surface area contributed by atoms with E-state index in [1.54, 1.807) is 54.7 Å². The molecule has 1 aromatic heterocycles. The molecule has 0 saturated carbocycles. The number of para-hydroxylation sites is 1. The number of alkyl carbamates (subject to hydrolysis) is 1. The Kier molecular flexibility index (Phi) is 6.11. The highest BCUT2D eigenvalue weighted by atomic mass is 16.6. The highest BCUT2D eigenvalue weighted by Gasteiger charge is 2.31. The first-order chi connectivity index (χ1) is 13.2. The van der Waals surface area contributed by atoms with Crippen LogP contribution < -0.4 is 5.32 Å². The number of rotatable bonds is 4. The zero-order valence-corrected chi connectivity index (χ0v) is 18.2. The maximum absolute atomic E-state index is 12.6. The van der Waals surface area contributed by atoms with Gasteiger partial charge >= 0.3 is 12.2 Å². The highest BCUT2D eigenvalue weighted by Crippen LogP contribution is 2.26. The second kappa shape index (κ2) is 7.89. The van der Waals surface area contributed by atoms with E-state index in [0.717, 1.165) is 10.9 Å². The van der Waals surface area contributed by atoms with Crippen LogP contribution in [0.1, 0.15) is 54.0 Å². The minimum atomic E-state index is -1.20. The lowest BCUT2D eigenvalue weighted by molar-refractivity contribution is -0.112. The number of hydrogen-bond donors (Lipinski definition) is 1. The molecule has 158 valence electrons. The van der Waals surface area contributed by atoms with Crippen LogP contribution in [0.15, 0.2) is 30.5 Å². The number of hydrogen-bond acceptors (Lipinski definition) is 5. The summed E-state index contributed by atoms with van der Waals surface area (Å²) < 4.78 is 12.2. The van der Waals surface area contributed by atoms with E-state index in [2.05, 4.69) is 5.32 Å². The first kappa shape index (κ1) is 22.5. The number of carbonyl (C=O) groups excluding carboxylic acids is 3. The molecule has 0 aliphatic heterocycles. The Morgan fingerprint density at radius 1 is 1.00 bits per heavy atom. The molecule has 1 N–H and O–H groups in total. The third-order valence-corrected chi connectivity index (χ3v) is 3.99. The molecule has 2 aromatic rings. The van der Waals surface area contributed by atoms with Crippen LogP contribution >= 0.6 is 0 Å². The smallest absolute Gasteiger partial charge is 0.419 e. The summed E-state index contributed by atoms with van der Waals surface area (Å²) in [5, 5.41) is 3.44. The van der Waals surface area contributed by atoms with E-state index in [4.69, 9.17) is 9.47 Å². The molecule has 0 radical (unpaired) electrons. The van der Waals surface area contributed by atoms with E-state index < -0.39 is 28.9 Å². The van der Waals surface area contributed by atoms with Gasteiger partial charge in [-0.15, -0.1) is 0 Å². The molecule has 2 rings (SSSR count). The Hall–Kier alpha value is -2.83. The van der Waals surface area contributed by atoms with Gasteiger partial charge in [-0.05, 0) is 60.1 Å². The molecule has 29 heavy (non-hydrogen) atoms. The van der Waals surface area contributed by atoms with Crippen molar-refractivity contribution < 1.29 is 23.9 Å². The minimum Gasteiger partial charge on any atom is -0.444 e. The molecule has 7 nitrogen and oxygen atoms in total. The molecule has 1 aromatic carbocycles. The summed E-state index contributed by atoms with van der Waals surface area (Å²) >= 11 is 0. The fourth-order valence-corrected chi connectivity index (χ4v) is 2.90. The highest BCUT2D eigenvalue weighted by molar-refractivity contribution is 5.92. The molecular weight excluding hydrogens is 372 g/mol. The quantitative estimate of drug-likeness (QED) is 0.764. The summed E-state index contributed by atoms with van der Waals surface area (Å²) in [6.45, 7) is 12.3. The molecule has 1 unspecified atom stereocenters. The molecule has 0 aliphatic carbocycles. The molecule has 0 saturated heterocycles. The van der Waals surface area contributed by atoms with Crippen LogP contribution in [-0.4, -0.2) is 39.8 Å². The van der Waals surface area contributed by atoms with Crippen LogP contribution in [-0.2, 0) is 20.7 Å². The number of benzene rings is 1. The maximum atomic E-state index is 12.6. The van der Waals surface area contributed by atoms with Gasteiger partial charge in [0.2, 0.25) is 0 Å². The number of ether oxygens (including phenoxy) is 2. The Bertz CT molecular complexity index is 917. The van der Waals surface area contributed by atoms with Gasteiger partial charge in [-0.3, -0.25) is 4.57 Å². The van der Waals surface area contributed by atoms with E-state index in [1.807, 2.05) is 24.3 Å². The average Bonchev–Trinajstić information content (AvgIpc) is 2.90. The van der Waals surface area contributed by atoms with Crippen molar-refractivity contribution in [3.05, 3.63) is 36.0 Å². The second-order valence-corrected chi connectivity index (χ2v) is 9.36. The fraction of sp³-hybridized carbons (Fsp3) is 0.500. The number of nitrogens with one attached hydrogen (secondary N) is 1. The summed E-state index contributed by atoms with van der Waals surface area (Å²) in [7, 11) is 0. The molecular formula is C22H30N2O5. The van der Waals surface area contributed by atoms with E-state index in [0.29, 0.717) is 11.8 Å². The van der Waals surface area contributed by atoms with Crippen molar-refractivity contribution in [2.45, 2.75) is 71.6 Å². The summed E-state index contributed by atoms with van der Waals surface area (Å²) in [4.78, 5) is 36.7. The van der Waals surface area contributed by atoms with Crippen molar-refractivity contribution in [1.82, 2.24) is 9.88 Å². The Morgan fingerprint density at radius 3 is 2.14 bits per heavy atom. The minimum absolute atomic E-state index is 0.187. The van der Waals surface area contributed by atoms with E-state index in [9.17, 15) is 14.4 Å². The molecule has 1 heterocycles. The van der Waals surface area contributed by atoms with Gasteiger partial charge in [0.15, 0.2) is 0 Å². The summed E-state index contributed by atoms with van der Waals surface area (Å²) in [6, 6.07) is 7.35. The van der Waals surface area contributed by atoms with Gasteiger partial charge in [-0.25, -0.2) is 9.59 Å². The molecule has 0 bridgehead atoms. The van der Waals surface area contributed by atoms with Crippen molar-refractivity contribution in [2.24, 2.45) is 0 Å². The van der Waals surface area contributed by atoms with Crippen LogP contribution in [0.3, 0.4) is 0 Å². The number of carbonyl (C=O) groups is 3. The van der Waals surface area contributed by atoms with Crippen LogP contribution in [0, 0.1) is 0 Å². The molecule has 7 heteroatoms. The van der Waals surface area contributed by atoms with Gasteiger partial charge in [-0.2, -0.15) is 0 Å². The van der Waals surface area contributed by atoms with E-state index in [1.165, 1.54) is 4.57 Å². The maximum Gasteiger partial charge on any atom is 0.419 e.